The number of anilines is 1. The maximum Gasteiger partial charge on any atom is 0.248 e. The average Bonchev–Trinajstić information content (AvgIpc) is 2.34. The highest BCUT2D eigenvalue weighted by Gasteiger charge is 2.25. The Bertz CT molecular complexity index is 413. The number of carbonyl (C=O) groups excluding carboxylic acids is 1. The summed E-state index contributed by atoms with van der Waals surface area (Å²) in [5.74, 6) is 1.13. The van der Waals surface area contributed by atoms with E-state index in [1.165, 1.54) is 19.3 Å². The molecule has 0 bridgehead atoms. The van der Waals surface area contributed by atoms with Crippen LogP contribution in [0.25, 0.3) is 0 Å². The SMILES string of the molecule is CC1CCC(C)C(Nc2ccc(C(N)=O)cc2)C1. The predicted molar refractivity (Wildman–Crippen MR) is 74.5 cm³/mol. The molecule has 0 aromatic heterocycles. The van der Waals surface area contributed by atoms with E-state index in [0.717, 1.165) is 11.6 Å². The molecule has 1 fully saturated rings. The molecule has 3 N–H and O–H groups in total. The van der Waals surface area contributed by atoms with Crippen molar-refractivity contribution in [1.82, 2.24) is 0 Å². The van der Waals surface area contributed by atoms with E-state index in [4.69, 9.17) is 5.73 Å². The van der Waals surface area contributed by atoms with Crippen molar-refractivity contribution in [2.45, 2.75) is 39.2 Å². The number of carbonyl (C=O) groups is 1. The van der Waals surface area contributed by atoms with Crippen molar-refractivity contribution in [3.63, 3.8) is 0 Å². The second-order valence-electron chi connectivity index (χ2n) is 5.59. The summed E-state index contributed by atoms with van der Waals surface area (Å²) in [5.41, 5.74) is 6.86. The number of hydrogen-bond acceptors (Lipinski definition) is 2. The van der Waals surface area contributed by atoms with Gasteiger partial charge in [-0.3, -0.25) is 4.79 Å². The topological polar surface area (TPSA) is 55.1 Å². The molecule has 1 aliphatic carbocycles. The third-order valence-electron chi connectivity index (χ3n) is 3.98. The minimum atomic E-state index is -0.374. The first-order valence-electron chi connectivity index (χ1n) is 6.72. The van der Waals surface area contributed by atoms with E-state index in [0.29, 0.717) is 17.5 Å². The van der Waals surface area contributed by atoms with Gasteiger partial charge in [-0.2, -0.15) is 0 Å². The Balaban J connectivity index is 2.02. The van der Waals surface area contributed by atoms with Gasteiger partial charge < -0.3 is 11.1 Å². The number of rotatable bonds is 3. The van der Waals surface area contributed by atoms with Crippen molar-refractivity contribution in [2.24, 2.45) is 17.6 Å². The minimum absolute atomic E-state index is 0.374. The van der Waals surface area contributed by atoms with E-state index >= 15 is 0 Å². The van der Waals surface area contributed by atoms with Crippen LogP contribution in [0.3, 0.4) is 0 Å². The van der Waals surface area contributed by atoms with E-state index in [1.807, 2.05) is 12.1 Å². The van der Waals surface area contributed by atoms with Gasteiger partial charge in [0.25, 0.3) is 0 Å². The minimum Gasteiger partial charge on any atom is -0.382 e. The van der Waals surface area contributed by atoms with E-state index in [-0.39, 0.29) is 5.91 Å². The molecule has 0 spiro atoms. The van der Waals surface area contributed by atoms with Crippen LogP contribution in [0, 0.1) is 11.8 Å². The predicted octanol–water partition coefficient (Wildman–Crippen LogP) is 3.02. The molecule has 1 amide bonds. The van der Waals surface area contributed by atoms with Gasteiger partial charge >= 0.3 is 0 Å². The van der Waals surface area contributed by atoms with Gasteiger partial charge in [0.2, 0.25) is 5.91 Å². The van der Waals surface area contributed by atoms with Crippen molar-refractivity contribution < 1.29 is 4.79 Å². The summed E-state index contributed by atoms with van der Waals surface area (Å²) in [7, 11) is 0. The Hall–Kier alpha value is -1.51. The third kappa shape index (κ3) is 3.03. The second kappa shape index (κ2) is 5.42. The van der Waals surface area contributed by atoms with Gasteiger partial charge in [0, 0.05) is 17.3 Å². The molecule has 98 valence electrons. The molecule has 0 saturated heterocycles. The molecule has 1 aromatic carbocycles. The quantitative estimate of drug-likeness (QED) is 0.861. The highest BCUT2D eigenvalue weighted by Crippen LogP contribution is 2.30. The van der Waals surface area contributed by atoms with Crippen molar-refractivity contribution in [3.05, 3.63) is 29.8 Å². The molecule has 1 saturated carbocycles. The maximum atomic E-state index is 11.0. The van der Waals surface area contributed by atoms with Crippen LogP contribution >= 0.6 is 0 Å². The molecule has 2 rings (SSSR count). The number of nitrogens with two attached hydrogens (primary N) is 1. The summed E-state index contributed by atoms with van der Waals surface area (Å²) in [4.78, 5) is 11.0. The fourth-order valence-corrected chi connectivity index (χ4v) is 2.68. The Morgan fingerprint density at radius 2 is 1.89 bits per heavy atom. The number of primary amides is 1. The van der Waals surface area contributed by atoms with Gasteiger partial charge in [0.15, 0.2) is 0 Å². The van der Waals surface area contributed by atoms with Crippen molar-refractivity contribution in [1.29, 1.82) is 0 Å². The molecule has 3 heteroatoms. The van der Waals surface area contributed by atoms with Crippen LogP contribution in [0.5, 0.6) is 0 Å². The van der Waals surface area contributed by atoms with Crippen LogP contribution < -0.4 is 11.1 Å². The first-order chi connectivity index (χ1) is 8.56. The molecule has 3 nitrogen and oxygen atoms in total. The first-order valence-corrected chi connectivity index (χ1v) is 6.72. The summed E-state index contributed by atoms with van der Waals surface area (Å²) in [6.07, 6.45) is 3.84. The zero-order valence-electron chi connectivity index (χ0n) is 11.1. The molecule has 18 heavy (non-hydrogen) atoms. The van der Waals surface area contributed by atoms with Crippen molar-refractivity contribution in [2.75, 3.05) is 5.32 Å². The van der Waals surface area contributed by atoms with E-state index in [2.05, 4.69) is 19.2 Å². The monoisotopic (exact) mass is 246 g/mol. The highest BCUT2D eigenvalue weighted by atomic mass is 16.1. The van der Waals surface area contributed by atoms with Gasteiger partial charge in [-0.05, 0) is 48.9 Å². The number of benzene rings is 1. The lowest BCUT2D eigenvalue weighted by Crippen LogP contribution is -2.33. The Morgan fingerprint density at radius 3 is 2.50 bits per heavy atom. The van der Waals surface area contributed by atoms with Crippen LogP contribution in [0.15, 0.2) is 24.3 Å². The molecule has 0 radical (unpaired) electrons. The Kier molecular flexibility index (Phi) is 3.90. The van der Waals surface area contributed by atoms with Crippen molar-refractivity contribution >= 4 is 11.6 Å². The second-order valence-corrected chi connectivity index (χ2v) is 5.59. The van der Waals surface area contributed by atoms with Crippen LogP contribution in [-0.4, -0.2) is 11.9 Å². The van der Waals surface area contributed by atoms with Gasteiger partial charge in [-0.25, -0.2) is 0 Å². The fourth-order valence-electron chi connectivity index (χ4n) is 2.68. The van der Waals surface area contributed by atoms with Gasteiger partial charge in [0.1, 0.15) is 0 Å². The van der Waals surface area contributed by atoms with E-state index in [9.17, 15) is 4.79 Å². The molecule has 3 atom stereocenters. The molecular weight excluding hydrogens is 224 g/mol. The zero-order chi connectivity index (χ0) is 13.1. The molecule has 1 aromatic rings. The Labute approximate surface area is 109 Å². The normalized spacial score (nSPS) is 27.8. The Morgan fingerprint density at radius 1 is 1.22 bits per heavy atom. The summed E-state index contributed by atoms with van der Waals surface area (Å²) in [6, 6.07) is 7.97. The first kappa shape index (κ1) is 12.9. The van der Waals surface area contributed by atoms with Crippen LogP contribution in [-0.2, 0) is 0 Å². The lowest BCUT2D eigenvalue weighted by Gasteiger charge is -2.34. The zero-order valence-corrected chi connectivity index (χ0v) is 11.1. The number of nitrogens with one attached hydrogen (secondary N) is 1. The van der Waals surface area contributed by atoms with E-state index in [1.54, 1.807) is 12.1 Å². The molecule has 0 heterocycles. The average molecular weight is 246 g/mol. The van der Waals surface area contributed by atoms with Crippen LogP contribution in [0.1, 0.15) is 43.5 Å². The number of hydrogen-bond donors (Lipinski definition) is 2. The van der Waals surface area contributed by atoms with Gasteiger partial charge in [0.05, 0.1) is 0 Å². The summed E-state index contributed by atoms with van der Waals surface area (Å²) < 4.78 is 0. The maximum absolute atomic E-state index is 11.0. The molecule has 0 aliphatic heterocycles. The summed E-state index contributed by atoms with van der Waals surface area (Å²) in [5, 5.41) is 3.58. The lowest BCUT2D eigenvalue weighted by atomic mass is 9.80. The highest BCUT2D eigenvalue weighted by molar-refractivity contribution is 5.93. The largest absolute Gasteiger partial charge is 0.382 e. The molecule has 1 aliphatic rings. The summed E-state index contributed by atoms with van der Waals surface area (Å²) >= 11 is 0. The standard InChI is InChI=1S/C15H22N2O/c1-10-3-4-11(2)14(9-10)17-13-7-5-12(6-8-13)15(16)18/h5-8,10-11,14,17H,3-4,9H2,1-2H3,(H2,16,18). The smallest absolute Gasteiger partial charge is 0.248 e. The fraction of sp³-hybridized carbons (Fsp3) is 0.533. The third-order valence-corrected chi connectivity index (χ3v) is 3.98. The van der Waals surface area contributed by atoms with Gasteiger partial charge in [-0.15, -0.1) is 0 Å². The van der Waals surface area contributed by atoms with Crippen LogP contribution in [0.2, 0.25) is 0 Å². The van der Waals surface area contributed by atoms with Crippen LogP contribution in [0.4, 0.5) is 5.69 Å². The molecule has 3 unspecified atom stereocenters. The van der Waals surface area contributed by atoms with Crippen molar-refractivity contribution in [3.8, 4) is 0 Å². The summed E-state index contributed by atoms with van der Waals surface area (Å²) in [6.45, 7) is 4.62. The van der Waals surface area contributed by atoms with E-state index < -0.39 is 0 Å². The number of amides is 1. The lowest BCUT2D eigenvalue weighted by molar-refractivity contribution is 0.100. The molecular formula is C15H22N2O. The van der Waals surface area contributed by atoms with Gasteiger partial charge in [-0.1, -0.05) is 20.3 Å².